The normalized spacial score (nSPS) is 13.3. The number of halogens is 1. The highest BCUT2D eigenvalue weighted by Gasteiger charge is 2.17. The first-order valence-electron chi connectivity index (χ1n) is 6.42. The zero-order valence-corrected chi connectivity index (χ0v) is 11.2. The lowest BCUT2D eigenvalue weighted by molar-refractivity contribution is 0.628. The second-order valence-corrected chi connectivity index (χ2v) is 4.86. The van der Waals surface area contributed by atoms with Crippen LogP contribution in [0.2, 0.25) is 0 Å². The lowest BCUT2D eigenvalue weighted by atomic mass is 10.1. The van der Waals surface area contributed by atoms with Crippen LogP contribution >= 0.6 is 0 Å². The molecular formula is C14H15FN4. The molecule has 2 heterocycles. The fourth-order valence-electron chi connectivity index (χ4n) is 2.27. The van der Waals surface area contributed by atoms with E-state index in [4.69, 9.17) is 0 Å². The molecule has 2 aromatic heterocycles. The predicted octanol–water partition coefficient (Wildman–Crippen LogP) is 3.24. The molecule has 0 spiro atoms. The Bertz CT molecular complexity index is 763. The van der Waals surface area contributed by atoms with E-state index < -0.39 is 0 Å². The number of benzene rings is 1. The highest BCUT2D eigenvalue weighted by Crippen LogP contribution is 2.24. The Morgan fingerprint density at radius 2 is 2.11 bits per heavy atom. The minimum Gasteiger partial charge on any atom is -0.277 e. The molecule has 0 N–H and O–H groups in total. The number of aromatic nitrogens is 4. The summed E-state index contributed by atoms with van der Waals surface area (Å²) in [5, 5.41) is 8.34. The summed E-state index contributed by atoms with van der Waals surface area (Å²) in [5.41, 5.74) is 2.93. The summed E-state index contributed by atoms with van der Waals surface area (Å²) >= 11 is 0. The van der Waals surface area contributed by atoms with E-state index in [-0.39, 0.29) is 11.7 Å². The summed E-state index contributed by atoms with van der Waals surface area (Å²) in [5.74, 6) is 0.931. The molecule has 0 aliphatic rings. The number of fused-ring (bicyclic) bond motifs is 3. The minimum absolute atomic E-state index is 0.275. The van der Waals surface area contributed by atoms with Gasteiger partial charge in [-0.2, -0.15) is 0 Å². The van der Waals surface area contributed by atoms with Crippen LogP contribution in [0.3, 0.4) is 0 Å². The maximum Gasteiger partial charge on any atom is 0.182 e. The SMILES string of the molecule is CCC(C)c1nc(C)c2nnc3ccc(F)cc3n12. The Labute approximate surface area is 110 Å². The van der Waals surface area contributed by atoms with Crippen molar-refractivity contribution in [1.82, 2.24) is 19.6 Å². The van der Waals surface area contributed by atoms with E-state index in [1.807, 2.05) is 11.3 Å². The molecule has 0 saturated carbocycles. The maximum atomic E-state index is 13.5. The van der Waals surface area contributed by atoms with Gasteiger partial charge in [0.25, 0.3) is 0 Å². The Morgan fingerprint density at radius 1 is 1.32 bits per heavy atom. The van der Waals surface area contributed by atoms with Gasteiger partial charge < -0.3 is 0 Å². The van der Waals surface area contributed by atoms with Crippen molar-refractivity contribution in [2.24, 2.45) is 0 Å². The smallest absolute Gasteiger partial charge is 0.182 e. The third kappa shape index (κ3) is 1.77. The number of imidazole rings is 1. The van der Waals surface area contributed by atoms with Gasteiger partial charge in [-0.15, -0.1) is 10.2 Å². The van der Waals surface area contributed by atoms with Crippen molar-refractivity contribution < 1.29 is 4.39 Å². The fourth-order valence-corrected chi connectivity index (χ4v) is 2.27. The summed E-state index contributed by atoms with van der Waals surface area (Å²) in [7, 11) is 0. The molecule has 0 aliphatic heterocycles. The number of hydrogen-bond acceptors (Lipinski definition) is 3. The van der Waals surface area contributed by atoms with Crippen molar-refractivity contribution >= 4 is 16.7 Å². The first-order chi connectivity index (χ1) is 9.11. The molecule has 1 atom stereocenters. The van der Waals surface area contributed by atoms with Gasteiger partial charge in [0.05, 0.1) is 11.2 Å². The molecule has 1 unspecified atom stereocenters. The second-order valence-electron chi connectivity index (χ2n) is 4.86. The first kappa shape index (κ1) is 12.0. The summed E-state index contributed by atoms with van der Waals surface area (Å²) < 4.78 is 15.4. The van der Waals surface area contributed by atoms with Crippen LogP contribution in [0.15, 0.2) is 18.2 Å². The van der Waals surface area contributed by atoms with Crippen LogP contribution in [0.5, 0.6) is 0 Å². The molecule has 0 aliphatic carbocycles. The van der Waals surface area contributed by atoms with E-state index in [1.54, 1.807) is 6.07 Å². The van der Waals surface area contributed by atoms with E-state index in [0.717, 1.165) is 23.5 Å². The van der Waals surface area contributed by atoms with Crippen molar-refractivity contribution in [2.75, 3.05) is 0 Å². The molecule has 0 radical (unpaired) electrons. The van der Waals surface area contributed by atoms with Gasteiger partial charge in [-0.1, -0.05) is 13.8 Å². The number of rotatable bonds is 2. The zero-order valence-electron chi connectivity index (χ0n) is 11.2. The van der Waals surface area contributed by atoms with Crippen molar-refractivity contribution in [2.45, 2.75) is 33.1 Å². The Hall–Kier alpha value is -2.04. The van der Waals surface area contributed by atoms with E-state index in [0.29, 0.717) is 11.2 Å². The molecule has 1 aromatic carbocycles. The first-order valence-corrected chi connectivity index (χ1v) is 6.42. The van der Waals surface area contributed by atoms with Crippen molar-refractivity contribution in [3.63, 3.8) is 0 Å². The lowest BCUT2D eigenvalue weighted by Gasteiger charge is -2.09. The van der Waals surface area contributed by atoms with Crippen LogP contribution < -0.4 is 0 Å². The lowest BCUT2D eigenvalue weighted by Crippen LogP contribution is -2.03. The summed E-state index contributed by atoms with van der Waals surface area (Å²) in [6.07, 6.45) is 0.970. The van der Waals surface area contributed by atoms with Crippen molar-refractivity contribution in [3.8, 4) is 0 Å². The molecule has 0 bridgehead atoms. The molecule has 4 nitrogen and oxygen atoms in total. The van der Waals surface area contributed by atoms with Crippen LogP contribution in [-0.4, -0.2) is 19.6 Å². The molecular weight excluding hydrogens is 243 g/mol. The molecule has 0 saturated heterocycles. The van der Waals surface area contributed by atoms with Gasteiger partial charge in [-0.3, -0.25) is 4.40 Å². The van der Waals surface area contributed by atoms with Crippen molar-refractivity contribution in [3.05, 3.63) is 35.5 Å². The topological polar surface area (TPSA) is 43.1 Å². The standard InChI is InChI=1S/C14H15FN4/c1-4-8(2)13-16-9(3)14-18-17-11-6-5-10(15)7-12(11)19(13)14/h5-8H,4H2,1-3H3. The average molecular weight is 258 g/mol. The van der Waals surface area contributed by atoms with Crippen LogP contribution in [0.4, 0.5) is 4.39 Å². The van der Waals surface area contributed by atoms with E-state index in [2.05, 4.69) is 29.0 Å². The highest BCUT2D eigenvalue weighted by atomic mass is 19.1. The molecule has 3 rings (SSSR count). The van der Waals surface area contributed by atoms with Crippen LogP contribution in [-0.2, 0) is 0 Å². The van der Waals surface area contributed by atoms with Gasteiger partial charge in [-0.05, 0) is 25.5 Å². The Kier molecular flexibility index (Phi) is 2.69. The third-order valence-electron chi connectivity index (χ3n) is 3.53. The zero-order chi connectivity index (χ0) is 13.6. The monoisotopic (exact) mass is 258 g/mol. The summed E-state index contributed by atoms with van der Waals surface area (Å²) in [6, 6.07) is 4.53. The molecule has 19 heavy (non-hydrogen) atoms. The predicted molar refractivity (Wildman–Crippen MR) is 71.7 cm³/mol. The van der Waals surface area contributed by atoms with Gasteiger partial charge >= 0.3 is 0 Å². The summed E-state index contributed by atoms with van der Waals surface area (Å²) in [6.45, 7) is 6.12. The summed E-state index contributed by atoms with van der Waals surface area (Å²) in [4.78, 5) is 4.58. The van der Waals surface area contributed by atoms with Crippen LogP contribution in [0.25, 0.3) is 16.7 Å². The van der Waals surface area contributed by atoms with Gasteiger partial charge in [-0.25, -0.2) is 9.37 Å². The highest BCUT2D eigenvalue weighted by molar-refractivity contribution is 5.77. The van der Waals surface area contributed by atoms with E-state index in [9.17, 15) is 4.39 Å². The Balaban J connectivity index is 2.48. The van der Waals surface area contributed by atoms with Gasteiger partial charge in [0.1, 0.15) is 17.2 Å². The largest absolute Gasteiger partial charge is 0.277 e. The average Bonchev–Trinajstić information content (AvgIpc) is 2.75. The van der Waals surface area contributed by atoms with E-state index >= 15 is 0 Å². The van der Waals surface area contributed by atoms with Crippen LogP contribution in [0.1, 0.15) is 37.7 Å². The maximum absolute atomic E-state index is 13.5. The quantitative estimate of drug-likeness (QED) is 0.708. The van der Waals surface area contributed by atoms with Crippen LogP contribution in [0, 0.1) is 12.7 Å². The van der Waals surface area contributed by atoms with Crippen molar-refractivity contribution in [1.29, 1.82) is 0 Å². The molecule has 0 amide bonds. The van der Waals surface area contributed by atoms with Gasteiger partial charge in [0.15, 0.2) is 5.65 Å². The van der Waals surface area contributed by atoms with E-state index in [1.165, 1.54) is 12.1 Å². The Morgan fingerprint density at radius 3 is 2.84 bits per heavy atom. The third-order valence-corrected chi connectivity index (χ3v) is 3.53. The molecule has 98 valence electrons. The fraction of sp³-hybridized carbons (Fsp3) is 0.357. The number of hydrogen-bond donors (Lipinski definition) is 0. The van der Waals surface area contributed by atoms with Gasteiger partial charge in [0.2, 0.25) is 0 Å². The second kappa shape index (κ2) is 4.26. The minimum atomic E-state index is -0.275. The number of nitrogens with zero attached hydrogens (tertiary/aromatic N) is 4. The molecule has 0 fully saturated rings. The van der Waals surface area contributed by atoms with Gasteiger partial charge in [0, 0.05) is 12.0 Å². The molecule has 3 aromatic rings. The number of aryl methyl sites for hydroxylation is 1. The molecule has 5 heteroatoms.